The van der Waals surface area contributed by atoms with Gasteiger partial charge in [0.2, 0.25) is 5.88 Å². The highest BCUT2D eigenvalue weighted by Gasteiger charge is 2.37. The van der Waals surface area contributed by atoms with E-state index in [1.54, 1.807) is 36.4 Å². The van der Waals surface area contributed by atoms with Crippen LogP contribution in [0.25, 0.3) is 21.9 Å². The van der Waals surface area contributed by atoms with E-state index in [-0.39, 0.29) is 41.3 Å². The molecule has 1 aliphatic carbocycles. The standard InChI is InChI=1S/C41H38ClF4N7O3/c42-27-8-6-26(32(43)17-27)22-56-37-3-1-2-33(49-37)23-10-13-52(14-11-23)21-36-48-34-16-25(7-9-35(34)53(36)20-29-12-15-55-29)40(54)47-28-18-30-38(24-4-5-24)50-51-39(30)31(19-28)41(44,45)46/h1-3,6-9,16-19,23-24,29H,4-5,10-15,20-22H2,(H,47,54)(H,50,51)/t29-/m0/s1. The van der Waals surface area contributed by atoms with Crippen molar-refractivity contribution in [2.45, 2.75) is 75.9 Å². The molecular formula is C41H38ClF4N7O3. The van der Waals surface area contributed by atoms with Crippen molar-refractivity contribution in [1.82, 2.24) is 29.6 Å². The molecule has 15 heteroatoms. The largest absolute Gasteiger partial charge is 0.473 e. The van der Waals surface area contributed by atoms with Crippen LogP contribution in [0.2, 0.25) is 5.02 Å². The highest BCUT2D eigenvalue weighted by Crippen LogP contribution is 2.45. The first-order valence-corrected chi connectivity index (χ1v) is 19.2. The molecule has 1 atom stereocenters. The summed E-state index contributed by atoms with van der Waals surface area (Å²) in [5, 5.41) is 10.2. The van der Waals surface area contributed by atoms with E-state index in [4.69, 9.17) is 31.0 Å². The van der Waals surface area contributed by atoms with Gasteiger partial charge in [0.1, 0.15) is 23.8 Å². The minimum atomic E-state index is -4.64. The summed E-state index contributed by atoms with van der Waals surface area (Å²) >= 11 is 5.88. The molecule has 0 radical (unpaired) electrons. The monoisotopic (exact) mass is 787 g/mol. The van der Waals surface area contributed by atoms with Crippen molar-refractivity contribution in [2.24, 2.45) is 0 Å². The van der Waals surface area contributed by atoms with E-state index in [2.05, 4.69) is 25.0 Å². The first-order valence-electron chi connectivity index (χ1n) is 18.8. The van der Waals surface area contributed by atoms with Gasteiger partial charge in [0, 0.05) is 63.1 Å². The number of aromatic nitrogens is 5. The number of hydrogen-bond acceptors (Lipinski definition) is 7. The molecule has 0 unspecified atom stereocenters. The smallest absolute Gasteiger partial charge is 0.418 e. The number of anilines is 1. The average molecular weight is 788 g/mol. The number of nitrogens with zero attached hydrogens (tertiary/aromatic N) is 5. The number of piperidine rings is 1. The summed E-state index contributed by atoms with van der Waals surface area (Å²) in [4.78, 5) is 25.6. The fourth-order valence-corrected chi connectivity index (χ4v) is 7.86. The van der Waals surface area contributed by atoms with Crippen molar-refractivity contribution in [1.29, 1.82) is 0 Å². The third kappa shape index (κ3) is 7.57. The summed E-state index contributed by atoms with van der Waals surface area (Å²) in [6.45, 7) is 3.60. The molecule has 3 aromatic heterocycles. The van der Waals surface area contributed by atoms with E-state index in [1.165, 1.54) is 6.07 Å². The molecule has 9 rings (SSSR count). The van der Waals surface area contributed by atoms with Crippen LogP contribution in [0.15, 0.2) is 66.7 Å². The number of amides is 1. The zero-order valence-corrected chi connectivity index (χ0v) is 31.0. The Bertz CT molecular complexity index is 2430. The molecule has 3 fully saturated rings. The number of benzene rings is 3. The molecule has 6 aromatic rings. The Balaban J connectivity index is 0.895. The highest BCUT2D eigenvalue weighted by atomic mass is 35.5. The Morgan fingerprint density at radius 1 is 0.982 bits per heavy atom. The molecular weight excluding hydrogens is 750 g/mol. The molecule has 290 valence electrons. The first kappa shape index (κ1) is 36.6. The molecule has 3 aliphatic rings. The Morgan fingerprint density at radius 2 is 1.80 bits per heavy atom. The summed E-state index contributed by atoms with van der Waals surface area (Å²) in [6, 6.07) is 17.9. The third-order valence-electron chi connectivity index (χ3n) is 11.0. The third-order valence-corrected chi connectivity index (χ3v) is 11.2. The maximum absolute atomic E-state index is 14.3. The summed E-state index contributed by atoms with van der Waals surface area (Å²) < 4.78 is 70.3. The lowest BCUT2D eigenvalue weighted by Crippen LogP contribution is -2.35. The predicted molar refractivity (Wildman–Crippen MR) is 202 cm³/mol. The molecule has 2 saturated heterocycles. The molecule has 3 aromatic carbocycles. The minimum Gasteiger partial charge on any atom is -0.473 e. The zero-order chi connectivity index (χ0) is 38.6. The Hall–Kier alpha value is -5.05. The predicted octanol–water partition coefficient (Wildman–Crippen LogP) is 9.00. The number of fused-ring (bicyclic) bond motifs is 2. The van der Waals surface area contributed by atoms with E-state index >= 15 is 0 Å². The lowest BCUT2D eigenvalue weighted by atomic mass is 9.93. The van der Waals surface area contributed by atoms with Crippen molar-refractivity contribution in [3.05, 3.63) is 111 Å². The van der Waals surface area contributed by atoms with Crippen molar-refractivity contribution in [3.63, 3.8) is 0 Å². The second-order valence-corrected chi connectivity index (χ2v) is 15.3. The van der Waals surface area contributed by atoms with Crippen LogP contribution in [-0.2, 0) is 30.6 Å². The van der Waals surface area contributed by atoms with Crippen LogP contribution in [0, 0.1) is 5.82 Å². The van der Waals surface area contributed by atoms with E-state index in [1.807, 2.05) is 18.2 Å². The number of rotatable bonds is 11. The van der Waals surface area contributed by atoms with Gasteiger partial charge in [0.05, 0.1) is 35.8 Å². The normalized spacial score (nSPS) is 18.1. The van der Waals surface area contributed by atoms with Crippen LogP contribution in [0.3, 0.4) is 0 Å². The van der Waals surface area contributed by atoms with Gasteiger partial charge in [-0.15, -0.1) is 0 Å². The molecule has 56 heavy (non-hydrogen) atoms. The molecule has 2 N–H and O–H groups in total. The van der Waals surface area contributed by atoms with Crippen LogP contribution in [0.5, 0.6) is 5.88 Å². The topological polar surface area (TPSA) is 110 Å². The van der Waals surface area contributed by atoms with Crippen LogP contribution >= 0.6 is 11.6 Å². The fraction of sp³-hybridized carbons (Fsp3) is 0.366. The number of H-pyrrole nitrogens is 1. The van der Waals surface area contributed by atoms with E-state index < -0.39 is 23.5 Å². The average Bonchev–Trinajstić information content (AvgIpc) is 3.83. The van der Waals surface area contributed by atoms with E-state index in [9.17, 15) is 22.4 Å². The van der Waals surface area contributed by atoms with Gasteiger partial charge in [0.25, 0.3) is 5.91 Å². The lowest BCUT2D eigenvalue weighted by molar-refractivity contribution is -0.136. The number of imidazole rings is 1. The van der Waals surface area contributed by atoms with Crippen molar-refractivity contribution < 1.29 is 31.8 Å². The van der Waals surface area contributed by atoms with Crippen molar-refractivity contribution in [2.75, 3.05) is 25.0 Å². The molecule has 10 nitrogen and oxygen atoms in total. The number of hydrogen-bond donors (Lipinski definition) is 2. The van der Waals surface area contributed by atoms with Crippen LogP contribution < -0.4 is 10.1 Å². The molecule has 0 bridgehead atoms. The van der Waals surface area contributed by atoms with E-state index in [0.29, 0.717) is 52.8 Å². The highest BCUT2D eigenvalue weighted by molar-refractivity contribution is 6.30. The van der Waals surface area contributed by atoms with Gasteiger partial charge in [-0.2, -0.15) is 18.3 Å². The van der Waals surface area contributed by atoms with Gasteiger partial charge >= 0.3 is 6.18 Å². The molecule has 0 spiro atoms. The number of alkyl halides is 3. The quantitative estimate of drug-likeness (QED) is 0.126. The second-order valence-electron chi connectivity index (χ2n) is 14.9. The van der Waals surface area contributed by atoms with Gasteiger partial charge in [-0.25, -0.2) is 14.4 Å². The van der Waals surface area contributed by atoms with Gasteiger partial charge in [-0.1, -0.05) is 23.7 Å². The van der Waals surface area contributed by atoms with E-state index in [0.717, 1.165) is 68.3 Å². The SMILES string of the molecule is O=C(Nc1cc(C(F)(F)F)c2n[nH]c(C3CC3)c2c1)c1ccc2c(c1)nc(CN1CCC(c3cccc(OCc4ccc(Cl)cc4F)n3)CC1)n2C[C@@H]1CCO1. The number of carbonyl (C=O) groups is 1. The van der Waals surface area contributed by atoms with Crippen LogP contribution in [0.4, 0.5) is 23.2 Å². The molecule has 1 amide bonds. The first-order chi connectivity index (χ1) is 27.1. The van der Waals surface area contributed by atoms with Crippen LogP contribution in [-0.4, -0.2) is 61.3 Å². The number of likely N-dealkylation sites (tertiary alicyclic amines) is 1. The van der Waals surface area contributed by atoms with Gasteiger partial charge in [-0.3, -0.25) is 14.8 Å². The summed E-state index contributed by atoms with van der Waals surface area (Å²) in [5.41, 5.74) is 2.79. The Kier molecular flexibility index (Phi) is 9.66. The number of ether oxygens (including phenoxy) is 2. The fourth-order valence-electron chi connectivity index (χ4n) is 7.70. The number of nitrogens with one attached hydrogen (secondary N) is 2. The Morgan fingerprint density at radius 3 is 2.54 bits per heavy atom. The lowest BCUT2D eigenvalue weighted by Gasteiger charge is -2.32. The number of halogens is 5. The van der Waals surface area contributed by atoms with Crippen LogP contribution in [0.1, 0.15) is 82.6 Å². The molecule has 1 saturated carbocycles. The zero-order valence-electron chi connectivity index (χ0n) is 30.2. The summed E-state index contributed by atoms with van der Waals surface area (Å²) in [7, 11) is 0. The minimum absolute atomic E-state index is 0.0448. The molecule has 5 heterocycles. The maximum Gasteiger partial charge on any atom is 0.418 e. The second kappa shape index (κ2) is 14.8. The van der Waals surface area contributed by atoms with Crippen molar-refractivity contribution >= 4 is 45.1 Å². The number of aromatic amines is 1. The van der Waals surface area contributed by atoms with Gasteiger partial charge < -0.3 is 19.4 Å². The summed E-state index contributed by atoms with van der Waals surface area (Å²) in [6.07, 6.45) is -0.113. The van der Waals surface area contributed by atoms with Gasteiger partial charge in [-0.05, 0) is 93.7 Å². The van der Waals surface area contributed by atoms with Crippen molar-refractivity contribution in [3.8, 4) is 5.88 Å². The number of carbonyl (C=O) groups excluding carboxylic acids is 1. The number of pyridine rings is 1. The summed E-state index contributed by atoms with van der Waals surface area (Å²) in [5.74, 6) is 0.705. The van der Waals surface area contributed by atoms with Gasteiger partial charge in [0.15, 0.2) is 0 Å². The maximum atomic E-state index is 14.3. The Labute approximate surface area is 324 Å². The molecule has 2 aliphatic heterocycles.